The summed E-state index contributed by atoms with van der Waals surface area (Å²) < 4.78 is 42.5. The first-order valence-electron chi connectivity index (χ1n) is 10.6. The molecule has 0 unspecified atom stereocenters. The van der Waals surface area contributed by atoms with E-state index >= 15 is 0 Å². The number of Topliss-reactive ketones (excluding diaryl/α,β-unsaturated/α-hetero) is 1. The molecule has 0 radical (unpaired) electrons. The van der Waals surface area contributed by atoms with Crippen LogP contribution in [0.2, 0.25) is 0 Å². The fourth-order valence-electron chi connectivity index (χ4n) is 4.51. The van der Waals surface area contributed by atoms with Gasteiger partial charge in [-0.05, 0) is 50.3 Å². The van der Waals surface area contributed by atoms with Gasteiger partial charge >= 0.3 is 0 Å². The molecule has 0 bridgehead atoms. The first-order valence-corrected chi connectivity index (χ1v) is 10.6. The van der Waals surface area contributed by atoms with Gasteiger partial charge in [0.25, 0.3) is 17.6 Å². The van der Waals surface area contributed by atoms with Crippen molar-refractivity contribution in [2.24, 2.45) is 0 Å². The summed E-state index contributed by atoms with van der Waals surface area (Å²) in [6.07, 6.45) is 3.88. The highest BCUT2D eigenvalue weighted by atomic mass is 19.2. The Kier molecular flexibility index (Phi) is 5.03. The van der Waals surface area contributed by atoms with Gasteiger partial charge in [-0.25, -0.2) is 13.2 Å². The van der Waals surface area contributed by atoms with E-state index in [0.29, 0.717) is 49.7 Å². The summed E-state index contributed by atoms with van der Waals surface area (Å²) in [5.74, 6) is -7.04. The van der Waals surface area contributed by atoms with Crippen LogP contribution < -0.4 is 10.6 Å². The fourth-order valence-corrected chi connectivity index (χ4v) is 4.51. The Hall–Kier alpha value is -3.96. The van der Waals surface area contributed by atoms with Crippen molar-refractivity contribution in [3.63, 3.8) is 0 Å². The Morgan fingerprint density at radius 1 is 1.15 bits per heavy atom. The highest BCUT2D eigenvalue weighted by Crippen LogP contribution is 2.44. The van der Waals surface area contributed by atoms with E-state index in [4.69, 9.17) is 0 Å². The quantitative estimate of drug-likeness (QED) is 0.289. The molecular weight excluding hydrogens is 453 g/mol. The second-order valence-electron chi connectivity index (χ2n) is 8.45. The molecule has 1 aromatic carbocycles. The molecule has 1 aliphatic heterocycles. The minimum atomic E-state index is -1.71. The zero-order chi connectivity index (χ0) is 24.2. The van der Waals surface area contributed by atoms with Crippen LogP contribution in [0.3, 0.4) is 0 Å². The lowest BCUT2D eigenvalue weighted by Gasteiger charge is -2.14. The summed E-state index contributed by atoms with van der Waals surface area (Å²) in [6.45, 7) is 1.93. The van der Waals surface area contributed by atoms with Gasteiger partial charge in [0.2, 0.25) is 0 Å². The van der Waals surface area contributed by atoms with Crippen molar-refractivity contribution in [2.45, 2.75) is 44.7 Å². The van der Waals surface area contributed by atoms with Crippen molar-refractivity contribution in [1.82, 2.24) is 25.3 Å². The van der Waals surface area contributed by atoms with Crippen LogP contribution in [-0.2, 0) is 23.3 Å². The molecule has 34 heavy (non-hydrogen) atoms. The van der Waals surface area contributed by atoms with Crippen molar-refractivity contribution in [1.29, 1.82) is 0 Å². The van der Waals surface area contributed by atoms with Crippen LogP contribution in [0, 0.1) is 24.4 Å². The van der Waals surface area contributed by atoms with E-state index < -0.39 is 46.3 Å². The number of anilines is 1. The lowest BCUT2D eigenvalue weighted by atomic mass is 10.0. The van der Waals surface area contributed by atoms with Gasteiger partial charge < -0.3 is 15.2 Å². The number of ketones is 1. The number of fused-ring (bicyclic) bond motifs is 1. The second kappa shape index (κ2) is 7.82. The Morgan fingerprint density at radius 3 is 2.59 bits per heavy atom. The van der Waals surface area contributed by atoms with Gasteiger partial charge in [-0.2, -0.15) is 0 Å². The molecule has 3 heterocycles. The van der Waals surface area contributed by atoms with Crippen molar-refractivity contribution in [3.05, 3.63) is 64.0 Å². The van der Waals surface area contributed by atoms with Crippen molar-refractivity contribution < 1.29 is 27.6 Å². The van der Waals surface area contributed by atoms with Gasteiger partial charge in [-0.3, -0.25) is 19.5 Å². The number of aromatic amines is 1. The summed E-state index contributed by atoms with van der Waals surface area (Å²) in [5.41, 5.74) is 0.196. The topological polar surface area (TPSA) is 122 Å². The molecule has 2 aliphatic rings. The smallest absolute Gasteiger partial charge is 0.293 e. The number of benzene rings is 1. The van der Waals surface area contributed by atoms with E-state index in [-0.39, 0.29) is 16.8 Å². The molecule has 9 nitrogen and oxygen atoms in total. The normalized spacial score (nSPS) is 15.6. The third-order valence-corrected chi connectivity index (χ3v) is 6.35. The predicted molar refractivity (Wildman–Crippen MR) is 112 cm³/mol. The number of nitrogens with one attached hydrogen (secondary N) is 3. The molecule has 176 valence electrons. The summed E-state index contributed by atoms with van der Waals surface area (Å²) in [5, 5.41) is 15.1. The van der Waals surface area contributed by atoms with Gasteiger partial charge in [0.05, 0.1) is 16.8 Å². The first kappa shape index (κ1) is 21.9. The van der Waals surface area contributed by atoms with E-state index in [1.807, 2.05) is 0 Å². The summed E-state index contributed by atoms with van der Waals surface area (Å²) in [4.78, 5) is 39.1. The maximum atomic E-state index is 14.1. The SMILES string of the molecule is Cc1c(C(=O)C(=O)NC2(c3c[nH]nn3)CC2)c2n(c1C(=O)Nc1ccc(F)c(F)c1F)CCC2. The zero-order valence-electron chi connectivity index (χ0n) is 18.0. The molecule has 0 atom stereocenters. The Bertz CT molecular complexity index is 1340. The van der Waals surface area contributed by atoms with E-state index in [2.05, 4.69) is 26.0 Å². The van der Waals surface area contributed by atoms with E-state index in [1.54, 1.807) is 10.8 Å². The minimum absolute atomic E-state index is 0.0606. The molecule has 5 rings (SSSR count). The first-order chi connectivity index (χ1) is 16.2. The number of halogens is 3. The lowest BCUT2D eigenvalue weighted by Crippen LogP contribution is -2.40. The van der Waals surface area contributed by atoms with Crippen molar-refractivity contribution in [2.75, 3.05) is 5.32 Å². The van der Waals surface area contributed by atoms with E-state index in [9.17, 15) is 27.6 Å². The van der Waals surface area contributed by atoms with Gasteiger partial charge in [0.15, 0.2) is 17.5 Å². The standard InChI is InChI=1S/C22H19F3N6O3/c1-10-15(19(32)21(34)28-22(6-7-22)14-9-26-30-29-14)13-3-2-8-31(13)18(10)20(33)27-12-5-4-11(23)16(24)17(12)25/h4-5,9H,2-3,6-8H2,1H3,(H,27,33)(H,28,34)(H,26,29,30). The van der Waals surface area contributed by atoms with Crippen molar-refractivity contribution >= 4 is 23.3 Å². The van der Waals surface area contributed by atoms with Crippen LogP contribution in [0.1, 0.15) is 57.1 Å². The van der Waals surface area contributed by atoms with Crippen LogP contribution in [0.5, 0.6) is 0 Å². The highest BCUT2D eigenvalue weighted by Gasteiger charge is 2.49. The molecule has 0 spiro atoms. The molecule has 3 aromatic rings. The third-order valence-electron chi connectivity index (χ3n) is 6.35. The molecule has 12 heteroatoms. The van der Waals surface area contributed by atoms with E-state index in [1.165, 1.54) is 6.92 Å². The Balaban J connectivity index is 1.44. The summed E-state index contributed by atoms with van der Waals surface area (Å²) >= 11 is 0. The van der Waals surface area contributed by atoms with Gasteiger partial charge in [0.1, 0.15) is 11.4 Å². The number of H-pyrrole nitrogens is 1. The molecule has 1 aliphatic carbocycles. The van der Waals surface area contributed by atoms with Crippen LogP contribution >= 0.6 is 0 Å². The fraction of sp³-hybridized carbons (Fsp3) is 0.318. The molecule has 3 N–H and O–H groups in total. The number of nitrogens with zero attached hydrogens (tertiary/aromatic N) is 3. The van der Waals surface area contributed by atoms with Crippen LogP contribution in [0.4, 0.5) is 18.9 Å². The largest absolute Gasteiger partial charge is 0.340 e. The molecule has 1 saturated carbocycles. The van der Waals surface area contributed by atoms with Gasteiger partial charge in [-0.15, -0.1) is 5.10 Å². The number of rotatable bonds is 6. The van der Waals surface area contributed by atoms with Crippen LogP contribution in [0.25, 0.3) is 0 Å². The number of aromatic nitrogens is 4. The van der Waals surface area contributed by atoms with Crippen molar-refractivity contribution in [3.8, 4) is 0 Å². The number of carbonyl (C=O) groups excluding carboxylic acids is 3. The summed E-state index contributed by atoms with van der Waals surface area (Å²) in [6, 6.07) is 1.61. The lowest BCUT2D eigenvalue weighted by molar-refractivity contribution is -0.118. The molecule has 2 amide bonds. The average Bonchev–Trinajstić information content (AvgIpc) is 3.16. The molecule has 0 saturated heterocycles. The van der Waals surface area contributed by atoms with Gasteiger partial charge in [-0.1, -0.05) is 5.21 Å². The van der Waals surface area contributed by atoms with E-state index in [0.717, 1.165) is 6.07 Å². The highest BCUT2D eigenvalue weighted by molar-refractivity contribution is 6.44. The van der Waals surface area contributed by atoms with Gasteiger partial charge in [0, 0.05) is 18.4 Å². The number of amides is 2. The van der Waals surface area contributed by atoms with Crippen LogP contribution in [-0.4, -0.2) is 37.6 Å². The maximum absolute atomic E-state index is 14.1. The molecule has 1 fully saturated rings. The minimum Gasteiger partial charge on any atom is -0.340 e. The predicted octanol–water partition coefficient (Wildman–Crippen LogP) is 2.52. The number of hydrogen-bond donors (Lipinski definition) is 3. The number of hydrogen-bond acceptors (Lipinski definition) is 5. The maximum Gasteiger partial charge on any atom is 0.293 e. The monoisotopic (exact) mass is 472 g/mol. The molecule has 2 aromatic heterocycles. The number of carbonyl (C=O) groups is 3. The second-order valence-corrected chi connectivity index (χ2v) is 8.45. The van der Waals surface area contributed by atoms with Crippen LogP contribution in [0.15, 0.2) is 18.3 Å². The Labute approximate surface area is 190 Å². The third kappa shape index (κ3) is 3.37. The molecular formula is C22H19F3N6O3. The summed E-state index contributed by atoms with van der Waals surface area (Å²) in [7, 11) is 0. The zero-order valence-corrected chi connectivity index (χ0v) is 18.0. The average molecular weight is 472 g/mol. The Morgan fingerprint density at radius 2 is 1.91 bits per heavy atom.